The van der Waals surface area contributed by atoms with E-state index in [9.17, 15) is 4.79 Å². The summed E-state index contributed by atoms with van der Waals surface area (Å²) < 4.78 is 0. The van der Waals surface area contributed by atoms with Crippen LogP contribution < -0.4 is 10.6 Å². The lowest BCUT2D eigenvalue weighted by Crippen LogP contribution is -2.24. The molecule has 3 N–H and O–H groups in total. The quantitative estimate of drug-likeness (QED) is 0.803. The van der Waals surface area contributed by atoms with E-state index in [1.165, 1.54) is 0 Å². The first kappa shape index (κ1) is 12.5. The van der Waals surface area contributed by atoms with Crippen LogP contribution in [0.25, 0.3) is 0 Å². The number of nitrogens with two attached hydrogens (primary N) is 1. The largest absolute Gasteiger partial charge is 0.481 e. The summed E-state index contributed by atoms with van der Waals surface area (Å²) >= 11 is 0. The maximum Gasteiger partial charge on any atom is 0.312 e. The van der Waals surface area contributed by atoms with Crippen LogP contribution in [0.1, 0.15) is 17.0 Å². The molecule has 0 amide bonds. The van der Waals surface area contributed by atoms with Gasteiger partial charge in [0.2, 0.25) is 0 Å². The van der Waals surface area contributed by atoms with Crippen LogP contribution in [0, 0.1) is 6.92 Å². The Balaban J connectivity index is 3.25. The molecule has 0 aliphatic carbocycles. The zero-order valence-corrected chi connectivity index (χ0v) is 9.90. The smallest absolute Gasteiger partial charge is 0.312 e. The van der Waals surface area contributed by atoms with Gasteiger partial charge in [-0.05, 0) is 24.1 Å². The summed E-state index contributed by atoms with van der Waals surface area (Å²) in [5.74, 6) is -1.52. The zero-order chi connectivity index (χ0) is 12.3. The number of carboxylic acids is 1. The number of hydrogen-bond acceptors (Lipinski definition) is 3. The topological polar surface area (TPSA) is 66.6 Å². The van der Waals surface area contributed by atoms with Crippen LogP contribution in [0.2, 0.25) is 0 Å². The first-order chi connectivity index (χ1) is 7.47. The first-order valence-corrected chi connectivity index (χ1v) is 5.18. The average molecular weight is 222 g/mol. The van der Waals surface area contributed by atoms with Crippen LogP contribution >= 0.6 is 0 Å². The van der Waals surface area contributed by atoms with Gasteiger partial charge in [-0.3, -0.25) is 4.79 Å². The summed E-state index contributed by atoms with van der Waals surface area (Å²) in [7, 11) is 3.79. The van der Waals surface area contributed by atoms with E-state index in [4.69, 9.17) is 10.8 Å². The molecule has 0 aliphatic heterocycles. The highest BCUT2D eigenvalue weighted by atomic mass is 16.4. The van der Waals surface area contributed by atoms with Crippen LogP contribution in [0.15, 0.2) is 18.2 Å². The fourth-order valence-electron chi connectivity index (χ4n) is 1.70. The van der Waals surface area contributed by atoms with Crippen molar-refractivity contribution in [2.45, 2.75) is 12.8 Å². The predicted molar refractivity (Wildman–Crippen MR) is 64.9 cm³/mol. The monoisotopic (exact) mass is 222 g/mol. The van der Waals surface area contributed by atoms with Crippen LogP contribution in [0.3, 0.4) is 0 Å². The fraction of sp³-hybridized carbons (Fsp3) is 0.417. The number of carbonyl (C=O) groups is 1. The van der Waals surface area contributed by atoms with Crippen LogP contribution in [0.4, 0.5) is 5.69 Å². The van der Waals surface area contributed by atoms with E-state index in [-0.39, 0.29) is 6.54 Å². The molecule has 0 aromatic heterocycles. The molecular weight excluding hydrogens is 204 g/mol. The Kier molecular flexibility index (Phi) is 3.90. The van der Waals surface area contributed by atoms with E-state index < -0.39 is 11.9 Å². The fourth-order valence-corrected chi connectivity index (χ4v) is 1.70. The number of hydrogen-bond donors (Lipinski definition) is 2. The summed E-state index contributed by atoms with van der Waals surface area (Å²) in [5.41, 5.74) is 8.30. The standard InChI is InChI=1S/C12H18N2O2/c1-8-4-5-9(10(7-13)12(15)16)11(6-8)14(2)3/h4-6,10H,7,13H2,1-3H3,(H,15,16). The van der Waals surface area contributed by atoms with Crippen LogP contribution in [-0.2, 0) is 4.79 Å². The third-order valence-corrected chi connectivity index (χ3v) is 2.58. The Labute approximate surface area is 95.7 Å². The second-order valence-corrected chi connectivity index (χ2v) is 4.08. The Morgan fingerprint density at radius 1 is 1.50 bits per heavy atom. The lowest BCUT2D eigenvalue weighted by molar-refractivity contribution is -0.138. The Morgan fingerprint density at radius 2 is 2.12 bits per heavy atom. The lowest BCUT2D eigenvalue weighted by atomic mass is 9.96. The van der Waals surface area contributed by atoms with Gasteiger partial charge in [0, 0.05) is 26.3 Å². The average Bonchev–Trinajstić information content (AvgIpc) is 2.20. The third kappa shape index (κ3) is 2.52. The van der Waals surface area contributed by atoms with Gasteiger partial charge in [-0.25, -0.2) is 0 Å². The molecule has 16 heavy (non-hydrogen) atoms. The lowest BCUT2D eigenvalue weighted by Gasteiger charge is -2.21. The highest BCUT2D eigenvalue weighted by Crippen LogP contribution is 2.27. The molecule has 0 bridgehead atoms. The maximum atomic E-state index is 11.1. The van der Waals surface area contributed by atoms with Crippen LogP contribution in [0.5, 0.6) is 0 Å². The third-order valence-electron chi connectivity index (χ3n) is 2.58. The van der Waals surface area contributed by atoms with Gasteiger partial charge in [-0.15, -0.1) is 0 Å². The molecular formula is C12H18N2O2. The Bertz CT molecular complexity index is 389. The molecule has 0 saturated heterocycles. The number of nitrogens with zero attached hydrogens (tertiary/aromatic N) is 1. The van der Waals surface area contributed by atoms with Crippen molar-refractivity contribution in [2.75, 3.05) is 25.5 Å². The molecule has 88 valence electrons. The van der Waals surface area contributed by atoms with Crippen molar-refractivity contribution >= 4 is 11.7 Å². The summed E-state index contributed by atoms with van der Waals surface area (Å²) in [6, 6.07) is 5.73. The maximum absolute atomic E-state index is 11.1. The van der Waals surface area contributed by atoms with E-state index in [1.54, 1.807) is 0 Å². The Morgan fingerprint density at radius 3 is 2.56 bits per heavy atom. The van der Waals surface area contributed by atoms with Crippen molar-refractivity contribution in [3.05, 3.63) is 29.3 Å². The molecule has 1 aromatic carbocycles. The van der Waals surface area contributed by atoms with Gasteiger partial charge in [0.15, 0.2) is 0 Å². The van der Waals surface area contributed by atoms with Gasteiger partial charge in [0.05, 0.1) is 5.92 Å². The van der Waals surface area contributed by atoms with Gasteiger partial charge in [0.25, 0.3) is 0 Å². The molecule has 0 aliphatic rings. The second-order valence-electron chi connectivity index (χ2n) is 4.08. The molecule has 1 aromatic rings. The van der Waals surface area contributed by atoms with Gasteiger partial charge < -0.3 is 15.7 Å². The summed E-state index contributed by atoms with van der Waals surface area (Å²) in [6.45, 7) is 2.09. The number of carboxylic acid groups (broad SMARTS) is 1. The number of rotatable bonds is 4. The Hall–Kier alpha value is -1.55. The highest BCUT2D eigenvalue weighted by molar-refractivity contribution is 5.79. The molecule has 0 heterocycles. The van der Waals surface area contributed by atoms with E-state index >= 15 is 0 Å². The minimum Gasteiger partial charge on any atom is -0.481 e. The molecule has 1 atom stereocenters. The van der Waals surface area contributed by atoms with Crippen molar-refractivity contribution in [3.8, 4) is 0 Å². The molecule has 1 rings (SSSR count). The van der Waals surface area contributed by atoms with E-state index in [2.05, 4.69) is 0 Å². The van der Waals surface area contributed by atoms with E-state index in [0.717, 1.165) is 16.8 Å². The van der Waals surface area contributed by atoms with E-state index in [0.29, 0.717) is 0 Å². The van der Waals surface area contributed by atoms with Crippen LogP contribution in [-0.4, -0.2) is 31.7 Å². The van der Waals surface area contributed by atoms with Crippen molar-refractivity contribution in [1.29, 1.82) is 0 Å². The summed E-state index contributed by atoms with van der Waals surface area (Å²) in [4.78, 5) is 13.0. The minimum atomic E-state index is -0.880. The molecule has 1 unspecified atom stereocenters. The van der Waals surface area contributed by atoms with E-state index in [1.807, 2.05) is 44.1 Å². The second kappa shape index (κ2) is 4.99. The summed E-state index contributed by atoms with van der Waals surface area (Å²) in [5, 5.41) is 9.10. The van der Waals surface area contributed by atoms with Crippen molar-refractivity contribution in [2.24, 2.45) is 5.73 Å². The number of anilines is 1. The number of aryl methyl sites for hydroxylation is 1. The summed E-state index contributed by atoms with van der Waals surface area (Å²) in [6.07, 6.45) is 0. The molecule has 0 spiro atoms. The zero-order valence-electron chi connectivity index (χ0n) is 9.90. The molecule has 4 nitrogen and oxygen atoms in total. The molecule has 0 saturated carbocycles. The SMILES string of the molecule is Cc1ccc(C(CN)C(=O)O)c(N(C)C)c1. The first-order valence-electron chi connectivity index (χ1n) is 5.18. The molecule has 0 fully saturated rings. The number of benzene rings is 1. The van der Waals surface area contributed by atoms with Crippen molar-refractivity contribution in [3.63, 3.8) is 0 Å². The van der Waals surface area contributed by atoms with Crippen molar-refractivity contribution < 1.29 is 9.90 Å². The molecule has 0 radical (unpaired) electrons. The minimum absolute atomic E-state index is 0.110. The van der Waals surface area contributed by atoms with Gasteiger partial charge >= 0.3 is 5.97 Å². The van der Waals surface area contributed by atoms with Crippen molar-refractivity contribution in [1.82, 2.24) is 0 Å². The van der Waals surface area contributed by atoms with Gasteiger partial charge in [0.1, 0.15) is 0 Å². The molecule has 4 heteroatoms. The number of aliphatic carboxylic acids is 1. The van der Waals surface area contributed by atoms with Gasteiger partial charge in [-0.1, -0.05) is 12.1 Å². The highest BCUT2D eigenvalue weighted by Gasteiger charge is 2.21. The van der Waals surface area contributed by atoms with Gasteiger partial charge in [-0.2, -0.15) is 0 Å². The predicted octanol–water partition coefficient (Wildman–Crippen LogP) is 1.19. The normalized spacial score (nSPS) is 12.2.